The Morgan fingerprint density at radius 2 is 1.62 bits per heavy atom. The Bertz CT molecular complexity index is 965. The number of benzene rings is 3. The molecule has 0 atom stereocenters. The monoisotopic (exact) mass is 493 g/mol. The fourth-order valence-corrected chi connectivity index (χ4v) is 3.73. The summed E-state index contributed by atoms with van der Waals surface area (Å²) < 4.78 is 12.8. The molecule has 0 heterocycles. The van der Waals surface area contributed by atoms with Crippen LogP contribution in [-0.2, 0) is 19.7 Å². The molecule has 0 aliphatic carbocycles. The molecule has 0 saturated heterocycles. The summed E-state index contributed by atoms with van der Waals surface area (Å²) in [6.07, 6.45) is 0. The Labute approximate surface area is 190 Å². The highest BCUT2D eigenvalue weighted by Gasteiger charge is 2.12. The summed E-state index contributed by atoms with van der Waals surface area (Å²) in [6, 6.07) is 19.4. The first-order valence-electron chi connectivity index (χ1n) is 9.33. The van der Waals surface area contributed by atoms with Crippen molar-refractivity contribution in [3.8, 4) is 11.5 Å². The predicted molar refractivity (Wildman–Crippen MR) is 123 cm³/mol. The van der Waals surface area contributed by atoms with E-state index in [4.69, 9.17) is 32.7 Å². The minimum absolute atomic E-state index is 0.414. The van der Waals surface area contributed by atoms with Crippen LogP contribution in [0, 0.1) is 0 Å². The second-order valence-corrected chi connectivity index (χ2v) is 8.13. The van der Waals surface area contributed by atoms with Crippen molar-refractivity contribution in [2.75, 3.05) is 6.61 Å². The van der Waals surface area contributed by atoms with Crippen LogP contribution in [0.1, 0.15) is 23.6 Å². The van der Waals surface area contributed by atoms with Crippen LogP contribution < -0.4 is 14.8 Å². The molecule has 6 heteroatoms. The normalized spacial score (nSPS) is 10.8. The van der Waals surface area contributed by atoms with Crippen LogP contribution in [0.2, 0.25) is 10.0 Å². The van der Waals surface area contributed by atoms with Crippen LogP contribution in [-0.4, -0.2) is 6.61 Å². The molecular formula is C23H22BrCl2NO2. The topological polar surface area (TPSA) is 30.5 Å². The van der Waals surface area contributed by atoms with Gasteiger partial charge in [-0.05, 0) is 53.9 Å². The fourth-order valence-electron chi connectivity index (χ4n) is 2.86. The summed E-state index contributed by atoms with van der Waals surface area (Å²) in [4.78, 5) is 0. The molecule has 0 spiro atoms. The average molecular weight is 495 g/mol. The summed E-state index contributed by atoms with van der Waals surface area (Å²) in [7, 11) is 0. The van der Waals surface area contributed by atoms with Gasteiger partial charge in [0, 0.05) is 27.6 Å². The first-order valence-corrected chi connectivity index (χ1v) is 10.9. The Morgan fingerprint density at radius 1 is 0.862 bits per heavy atom. The van der Waals surface area contributed by atoms with E-state index >= 15 is 0 Å². The molecule has 3 aromatic carbocycles. The van der Waals surface area contributed by atoms with Gasteiger partial charge >= 0.3 is 0 Å². The summed E-state index contributed by atoms with van der Waals surface area (Å²) in [5, 5.41) is 4.88. The van der Waals surface area contributed by atoms with Crippen molar-refractivity contribution in [1.82, 2.24) is 5.32 Å². The Morgan fingerprint density at radius 3 is 2.38 bits per heavy atom. The van der Waals surface area contributed by atoms with Gasteiger partial charge in [-0.25, -0.2) is 0 Å². The van der Waals surface area contributed by atoms with E-state index in [0.717, 1.165) is 26.2 Å². The number of nitrogens with one attached hydrogen (secondary N) is 1. The number of rotatable bonds is 9. The van der Waals surface area contributed by atoms with E-state index in [1.165, 1.54) is 0 Å². The Kier molecular flexibility index (Phi) is 8.25. The Hall–Kier alpha value is -1.72. The van der Waals surface area contributed by atoms with Gasteiger partial charge in [-0.1, -0.05) is 69.5 Å². The van der Waals surface area contributed by atoms with E-state index in [9.17, 15) is 0 Å². The molecular weight excluding hydrogens is 473 g/mol. The zero-order chi connectivity index (χ0) is 20.6. The molecule has 0 unspecified atom stereocenters. The van der Waals surface area contributed by atoms with E-state index in [1.54, 1.807) is 0 Å². The molecule has 152 valence electrons. The third-order valence-electron chi connectivity index (χ3n) is 4.28. The van der Waals surface area contributed by atoms with Gasteiger partial charge < -0.3 is 14.8 Å². The first kappa shape index (κ1) is 22.0. The van der Waals surface area contributed by atoms with E-state index in [1.807, 2.05) is 67.6 Å². The smallest absolute Gasteiger partial charge is 0.162 e. The van der Waals surface area contributed by atoms with E-state index in [2.05, 4.69) is 21.2 Å². The van der Waals surface area contributed by atoms with Crippen LogP contribution >= 0.6 is 39.1 Å². The van der Waals surface area contributed by atoms with Crippen LogP contribution in [0.4, 0.5) is 0 Å². The number of hydrogen-bond donors (Lipinski definition) is 1. The van der Waals surface area contributed by atoms with Crippen molar-refractivity contribution in [1.29, 1.82) is 0 Å². The van der Waals surface area contributed by atoms with Gasteiger partial charge in [0.05, 0.1) is 6.61 Å². The standard InChI is InChI=1S/C23H22BrCl2NO2/c1-2-28-22-11-18(14-27-13-17-7-3-4-9-21(17)26)20(24)12-23(22)29-15-16-6-5-8-19(25)10-16/h3-12,27H,2,13-15H2,1H3. The number of halogens is 3. The van der Waals surface area contributed by atoms with Crippen LogP contribution in [0.25, 0.3) is 0 Å². The van der Waals surface area contributed by atoms with Gasteiger partial charge in [0.25, 0.3) is 0 Å². The summed E-state index contributed by atoms with van der Waals surface area (Å²) in [6.45, 7) is 4.28. The minimum Gasteiger partial charge on any atom is -0.490 e. The minimum atomic E-state index is 0.414. The zero-order valence-corrected chi connectivity index (χ0v) is 19.2. The van der Waals surface area contributed by atoms with Gasteiger partial charge in [-0.2, -0.15) is 0 Å². The molecule has 0 radical (unpaired) electrons. The maximum Gasteiger partial charge on any atom is 0.162 e. The lowest BCUT2D eigenvalue weighted by Crippen LogP contribution is -2.13. The van der Waals surface area contributed by atoms with Crippen molar-refractivity contribution < 1.29 is 9.47 Å². The van der Waals surface area contributed by atoms with Crippen molar-refractivity contribution in [2.45, 2.75) is 26.6 Å². The van der Waals surface area contributed by atoms with Gasteiger partial charge in [-0.15, -0.1) is 0 Å². The highest BCUT2D eigenvalue weighted by Crippen LogP contribution is 2.34. The molecule has 1 N–H and O–H groups in total. The maximum atomic E-state index is 6.23. The zero-order valence-electron chi connectivity index (χ0n) is 16.1. The molecule has 0 aromatic heterocycles. The molecule has 0 aliphatic rings. The summed E-state index contributed by atoms with van der Waals surface area (Å²) in [5.74, 6) is 1.40. The second-order valence-electron chi connectivity index (χ2n) is 6.44. The van der Waals surface area contributed by atoms with Crippen LogP contribution in [0.3, 0.4) is 0 Å². The van der Waals surface area contributed by atoms with Crippen LogP contribution in [0.15, 0.2) is 65.1 Å². The SMILES string of the molecule is CCOc1cc(CNCc2ccccc2Cl)c(Br)cc1OCc1cccc(Cl)c1. The Balaban J connectivity index is 1.69. The molecule has 0 fully saturated rings. The van der Waals surface area contributed by atoms with E-state index in [-0.39, 0.29) is 0 Å². The van der Waals surface area contributed by atoms with E-state index < -0.39 is 0 Å². The quantitative estimate of drug-likeness (QED) is 0.346. The highest BCUT2D eigenvalue weighted by molar-refractivity contribution is 9.10. The first-order chi connectivity index (χ1) is 14.1. The van der Waals surface area contributed by atoms with Crippen molar-refractivity contribution >= 4 is 39.1 Å². The molecule has 0 bridgehead atoms. The molecule has 0 saturated carbocycles. The maximum absolute atomic E-state index is 6.23. The largest absolute Gasteiger partial charge is 0.490 e. The van der Waals surface area contributed by atoms with Crippen molar-refractivity contribution in [2.24, 2.45) is 0 Å². The summed E-state index contributed by atoms with van der Waals surface area (Å²) in [5.41, 5.74) is 3.15. The van der Waals surface area contributed by atoms with Gasteiger partial charge in [0.1, 0.15) is 6.61 Å². The highest BCUT2D eigenvalue weighted by atomic mass is 79.9. The van der Waals surface area contributed by atoms with Crippen LogP contribution in [0.5, 0.6) is 11.5 Å². The fraction of sp³-hybridized carbons (Fsp3) is 0.217. The van der Waals surface area contributed by atoms with Crippen molar-refractivity contribution in [3.63, 3.8) is 0 Å². The molecule has 0 amide bonds. The molecule has 3 nitrogen and oxygen atoms in total. The predicted octanol–water partition coefficient (Wildman–Crippen LogP) is 7.02. The van der Waals surface area contributed by atoms with Gasteiger partial charge in [0.15, 0.2) is 11.5 Å². The van der Waals surface area contributed by atoms with E-state index in [0.29, 0.717) is 42.8 Å². The lowest BCUT2D eigenvalue weighted by molar-refractivity contribution is 0.269. The van der Waals surface area contributed by atoms with Gasteiger partial charge in [0.2, 0.25) is 0 Å². The third-order valence-corrected chi connectivity index (χ3v) is 5.63. The lowest BCUT2D eigenvalue weighted by atomic mass is 10.1. The molecule has 3 rings (SSSR count). The average Bonchev–Trinajstić information content (AvgIpc) is 2.70. The molecule has 3 aromatic rings. The van der Waals surface area contributed by atoms with Crippen molar-refractivity contribution in [3.05, 3.63) is 91.9 Å². The number of hydrogen-bond acceptors (Lipinski definition) is 3. The third kappa shape index (κ3) is 6.38. The summed E-state index contributed by atoms with van der Waals surface area (Å²) >= 11 is 15.9. The lowest BCUT2D eigenvalue weighted by Gasteiger charge is -2.16. The molecule has 0 aliphatic heterocycles. The number of ether oxygens (including phenoxy) is 2. The second kappa shape index (κ2) is 10.9. The molecule has 29 heavy (non-hydrogen) atoms. The van der Waals surface area contributed by atoms with Gasteiger partial charge in [-0.3, -0.25) is 0 Å².